The third kappa shape index (κ3) is 1.47. The molecule has 0 saturated carbocycles. The van der Waals surface area contributed by atoms with Crippen LogP contribution in [0.2, 0.25) is 0 Å². The Hall–Kier alpha value is -1.55. The average Bonchev–Trinajstić information content (AvgIpc) is 2.56. The Balaban J connectivity index is 2.88. The van der Waals surface area contributed by atoms with E-state index in [-0.39, 0.29) is 11.7 Å². The molecular formula is C11H14N2O2. The Bertz CT molecular complexity index is 537. The van der Waals surface area contributed by atoms with Crippen LogP contribution >= 0.6 is 0 Å². The highest BCUT2D eigenvalue weighted by atomic mass is 16.5. The molecule has 0 radical (unpaired) electrons. The van der Waals surface area contributed by atoms with Crippen LogP contribution in [0.25, 0.3) is 10.9 Å². The molecule has 0 atom stereocenters. The van der Waals surface area contributed by atoms with Gasteiger partial charge in [-0.15, -0.1) is 0 Å². The van der Waals surface area contributed by atoms with E-state index in [0.717, 1.165) is 11.1 Å². The van der Waals surface area contributed by atoms with Gasteiger partial charge in [0.1, 0.15) is 0 Å². The van der Waals surface area contributed by atoms with Gasteiger partial charge >= 0.3 is 5.63 Å². The number of nitrogens with two attached hydrogens (primary N) is 1. The van der Waals surface area contributed by atoms with Crippen molar-refractivity contribution in [2.45, 2.75) is 26.4 Å². The number of nitrogens with zero attached hydrogens (tertiary/aromatic N) is 1. The van der Waals surface area contributed by atoms with Gasteiger partial charge in [-0.2, -0.15) is 0 Å². The van der Waals surface area contributed by atoms with E-state index in [0.29, 0.717) is 11.9 Å². The molecule has 1 aromatic heterocycles. The molecule has 2 N–H and O–H groups in total. The molecule has 1 aromatic carbocycles. The Kier molecular flexibility index (Phi) is 2.36. The molecule has 80 valence electrons. The fourth-order valence-electron chi connectivity index (χ4n) is 1.73. The van der Waals surface area contributed by atoms with Crippen molar-refractivity contribution in [3.8, 4) is 0 Å². The van der Waals surface area contributed by atoms with Crippen LogP contribution in [0.5, 0.6) is 0 Å². The van der Waals surface area contributed by atoms with Gasteiger partial charge in [-0.05, 0) is 25.5 Å². The van der Waals surface area contributed by atoms with Gasteiger partial charge in [-0.1, -0.05) is 12.1 Å². The van der Waals surface area contributed by atoms with Crippen LogP contribution in [0.3, 0.4) is 0 Å². The maximum atomic E-state index is 11.5. The van der Waals surface area contributed by atoms with Gasteiger partial charge in [0, 0.05) is 6.54 Å². The van der Waals surface area contributed by atoms with Crippen molar-refractivity contribution in [3.05, 3.63) is 34.2 Å². The van der Waals surface area contributed by atoms with E-state index < -0.39 is 0 Å². The van der Waals surface area contributed by atoms with Crippen LogP contribution in [-0.4, -0.2) is 4.74 Å². The molecular weight excluding hydrogens is 192 g/mol. The zero-order valence-corrected chi connectivity index (χ0v) is 8.86. The topological polar surface area (TPSA) is 61.2 Å². The lowest BCUT2D eigenvalue weighted by atomic mass is 10.1. The van der Waals surface area contributed by atoms with Crippen molar-refractivity contribution < 1.29 is 4.52 Å². The van der Waals surface area contributed by atoms with E-state index in [4.69, 9.17) is 10.3 Å². The first-order chi connectivity index (χ1) is 7.15. The fraction of sp³-hybridized carbons (Fsp3) is 0.364. The largest absolute Gasteiger partial charge is 0.365 e. The Morgan fingerprint density at radius 2 is 2.20 bits per heavy atom. The average molecular weight is 206 g/mol. The van der Waals surface area contributed by atoms with Crippen LogP contribution < -0.4 is 11.4 Å². The van der Waals surface area contributed by atoms with Gasteiger partial charge in [0.05, 0.1) is 16.9 Å². The van der Waals surface area contributed by atoms with Crippen molar-refractivity contribution in [2.24, 2.45) is 5.73 Å². The fourth-order valence-corrected chi connectivity index (χ4v) is 1.73. The molecule has 0 fully saturated rings. The molecule has 0 spiro atoms. The summed E-state index contributed by atoms with van der Waals surface area (Å²) >= 11 is 0. The van der Waals surface area contributed by atoms with E-state index in [9.17, 15) is 4.79 Å². The molecule has 0 aliphatic heterocycles. The number of para-hydroxylation sites is 1. The van der Waals surface area contributed by atoms with Crippen LogP contribution in [0.4, 0.5) is 0 Å². The lowest BCUT2D eigenvalue weighted by Gasteiger charge is -2.08. The molecule has 0 amide bonds. The number of benzene rings is 1. The first-order valence-electron chi connectivity index (χ1n) is 4.98. The maximum absolute atomic E-state index is 11.5. The summed E-state index contributed by atoms with van der Waals surface area (Å²) in [6.07, 6.45) is 0. The molecule has 0 saturated heterocycles. The SMILES string of the molecule is CC(C)n1oc(=O)c2cccc(CN)c21. The third-order valence-corrected chi connectivity index (χ3v) is 2.43. The van der Waals surface area contributed by atoms with Gasteiger partial charge < -0.3 is 10.3 Å². The molecule has 0 aliphatic carbocycles. The zero-order valence-electron chi connectivity index (χ0n) is 8.86. The number of hydrogen-bond donors (Lipinski definition) is 1. The van der Waals surface area contributed by atoms with Gasteiger partial charge in [0.25, 0.3) is 0 Å². The van der Waals surface area contributed by atoms with Crippen LogP contribution in [0.1, 0.15) is 25.5 Å². The number of aromatic nitrogens is 1. The van der Waals surface area contributed by atoms with Crippen LogP contribution in [0, 0.1) is 0 Å². The lowest BCUT2D eigenvalue weighted by molar-refractivity contribution is 0.234. The predicted molar refractivity (Wildman–Crippen MR) is 58.8 cm³/mol. The number of rotatable bonds is 2. The van der Waals surface area contributed by atoms with Crippen LogP contribution in [0.15, 0.2) is 27.5 Å². The van der Waals surface area contributed by atoms with Crippen molar-refractivity contribution in [1.29, 1.82) is 0 Å². The summed E-state index contributed by atoms with van der Waals surface area (Å²) in [5.41, 5.74) is 7.10. The second kappa shape index (κ2) is 3.55. The minimum atomic E-state index is -0.297. The molecule has 0 bridgehead atoms. The molecule has 4 heteroatoms. The summed E-state index contributed by atoms with van der Waals surface area (Å²) in [7, 11) is 0. The molecule has 2 aromatic rings. The van der Waals surface area contributed by atoms with Crippen LogP contribution in [-0.2, 0) is 6.54 Å². The summed E-state index contributed by atoms with van der Waals surface area (Å²) in [5, 5.41) is 0.603. The Morgan fingerprint density at radius 3 is 2.80 bits per heavy atom. The minimum Gasteiger partial charge on any atom is -0.335 e. The summed E-state index contributed by atoms with van der Waals surface area (Å²) in [6, 6.07) is 5.62. The lowest BCUT2D eigenvalue weighted by Crippen LogP contribution is -2.04. The van der Waals surface area contributed by atoms with Gasteiger partial charge in [-0.3, -0.25) is 0 Å². The normalized spacial score (nSPS) is 11.5. The first kappa shape index (κ1) is 9.98. The van der Waals surface area contributed by atoms with E-state index >= 15 is 0 Å². The molecule has 0 unspecified atom stereocenters. The highest BCUT2D eigenvalue weighted by molar-refractivity contribution is 5.81. The molecule has 15 heavy (non-hydrogen) atoms. The number of fused-ring (bicyclic) bond motifs is 1. The summed E-state index contributed by atoms with van der Waals surface area (Å²) in [6.45, 7) is 4.34. The van der Waals surface area contributed by atoms with E-state index in [1.54, 1.807) is 10.8 Å². The molecule has 0 aliphatic rings. The van der Waals surface area contributed by atoms with Crippen molar-refractivity contribution in [2.75, 3.05) is 0 Å². The Morgan fingerprint density at radius 1 is 1.47 bits per heavy atom. The van der Waals surface area contributed by atoms with Gasteiger partial charge in [0.15, 0.2) is 0 Å². The summed E-state index contributed by atoms with van der Waals surface area (Å²) in [5.74, 6) is 0. The number of hydrogen-bond acceptors (Lipinski definition) is 3. The van der Waals surface area contributed by atoms with E-state index in [2.05, 4.69) is 0 Å². The molecule has 4 nitrogen and oxygen atoms in total. The summed E-state index contributed by atoms with van der Waals surface area (Å²) < 4.78 is 6.80. The second-order valence-corrected chi connectivity index (χ2v) is 3.82. The smallest absolute Gasteiger partial charge is 0.335 e. The highest BCUT2D eigenvalue weighted by Gasteiger charge is 2.13. The summed E-state index contributed by atoms with van der Waals surface area (Å²) in [4.78, 5) is 11.5. The molecule has 1 heterocycles. The first-order valence-corrected chi connectivity index (χ1v) is 4.98. The van der Waals surface area contributed by atoms with Crippen molar-refractivity contribution in [3.63, 3.8) is 0 Å². The molecule has 2 rings (SSSR count). The predicted octanol–water partition coefficient (Wildman–Crippen LogP) is 1.63. The zero-order chi connectivity index (χ0) is 11.0. The van der Waals surface area contributed by atoms with Gasteiger partial charge in [0.2, 0.25) is 0 Å². The maximum Gasteiger partial charge on any atom is 0.365 e. The standard InChI is InChI=1S/C11H14N2O2/c1-7(2)13-10-8(6-12)4-3-5-9(10)11(14)15-13/h3-5,7H,6,12H2,1-2H3. The van der Waals surface area contributed by atoms with Crippen molar-refractivity contribution in [1.82, 2.24) is 4.74 Å². The van der Waals surface area contributed by atoms with E-state index in [1.165, 1.54) is 0 Å². The van der Waals surface area contributed by atoms with E-state index in [1.807, 2.05) is 26.0 Å². The monoisotopic (exact) mass is 206 g/mol. The van der Waals surface area contributed by atoms with Gasteiger partial charge in [-0.25, -0.2) is 9.53 Å². The minimum absolute atomic E-state index is 0.114. The Labute approximate surface area is 87.2 Å². The second-order valence-electron chi connectivity index (χ2n) is 3.82. The highest BCUT2D eigenvalue weighted by Crippen LogP contribution is 2.20. The van der Waals surface area contributed by atoms with Crippen molar-refractivity contribution >= 4 is 10.9 Å². The quantitative estimate of drug-likeness (QED) is 0.812. The third-order valence-electron chi connectivity index (χ3n) is 2.43.